The van der Waals surface area contributed by atoms with Gasteiger partial charge in [0.2, 0.25) is 0 Å². The van der Waals surface area contributed by atoms with Gasteiger partial charge in [-0.25, -0.2) is 4.79 Å². The number of methoxy groups -OCH3 is 1. The normalized spacial score (nSPS) is 12.5. The van der Waals surface area contributed by atoms with Crippen LogP contribution < -0.4 is 20.4 Å². The Labute approximate surface area is 224 Å². The summed E-state index contributed by atoms with van der Waals surface area (Å²) in [6.07, 6.45) is -0.0212. The Hall–Kier alpha value is -4.95. The van der Waals surface area contributed by atoms with Crippen molar-refractivity contribution in [2.24, 2.45) is 0 Å². The number of nitrogens with one attached hydrogen (secondary N) is 1. The largest absolute Gasteiger partial charge is 0.497 e. The molecule has 2 N–H and O–H groups in total. The summed E-state index contributed by atoms with van der Waals surface area (Å²) in [5.74, 6) is 1.20. The number of carbonyl (C=O) groups is 1. The number of carbonyl (C=O) groups excluding carboxylic acids is 1. The van der Waals surface area contributed by atoms with Crippen molar-refractivity contribution < 1.29 is 23.9 Å². The highest BCUT2D eigenvalue weighted by Gasteiger charge is 2.38. The van der Waals surface area contributed by atoms with Crippen LogP contribution in [0.3, 0.4) is 0 Å². The minimum atomic E-state index is -1.95. The number of fused-ring (bicyclic) bond motifs is 1. The van der Waals surface area contributed by atoms with Gasteiger partial charge in [-0.05, 0) is 72.6 Å². The van der Waals surface area contributed by atoms with Gasteiger partial charge in [0, 0.05) is 17.5 Å². The molecule has 0 bridgehead atoms. The van der Waals surface area contributed by atoms with Crippen LogP contribution in [0.4, 0.5) is 5.69 Å². The van der Waals surface area contributed by atoms with Crippen molar-refractivity contribution in [3.8, 4) is 17.2 Å². The number of ether oxygens (including phenoxy) is 2. The third-order valence-electron chi connectivity index (χ3n) is 6.43. The van der Waals surface area contributed by atoms with Crippen LogP contribution in [0.1, 0.15) is 16.8 Å². The number of anilines is 1. The Kier molecular flexibility index (Phi) is 7.12. The van der Waals surface area contributed by atoms with Gasteiger partial charge in [0.1, 0.15) is 17.2 Å². The van der Waals surface area contributed by atoms with Gasteiger partial charge in [-0.3, -0.25) is 4.79 Å². The number of para-hydroxylation sites is 1. The van der Waals surface area contributed by atoms with Crippen molar-refractivity contribution in [3.63, 3.8) is 0 Å². The summed E-state index contributed by atoms with van der Waals surface area (Å²) < 4.78 is 16.0. The number of aliphatic hydroxyl groups is 1. The second-order valence-electron chi connectivity index (χ2n) is 9.10. The van der Waals surface area contributed by atoms with Crippen LogP contribution in [0.15, 0.2) is 106 Å². The number of benzene rings is 4. The third kappa shape index (κ3) is 5.51. The van der Waals surface area contributed by atoms with Crippen LogP contribution in [-0.2, 0) is 16.8 Å². The molecule has 8 nitrogen and oxygen atoms in total. The quantitative estimate of drug-likeness (QED) is 0.282. The minimum absolute atomic E-state index is 0.0212. The molecule has 4 aromatic carbocycles. The summed E-state index contributed by atoms with van der Waals surface area (Å²) in [6.45, 7) is 1.70. The lowest BCUT2D eigenvalue weighted by molar-refractivity contribution is -0.135. The first-order valence-corrected chi connectivity index (χ1v) is 12.3. The van der Waals surface area contributed by atoms with Gasteiger partial charge in [0.15, 0.2) is 5.60 Å². The van der Waals surface area contributed by atoms with Crippen molar-refractivity contribution in [1.29, 1.82) is 0 Å². The number of nitrogens with zero attached hydrogens (tertiary/aromatic N) is 1. The Morgan fingerprint density at radius 2 is 1.62 bits per heavy atom. The zero-order chi connectivity index (χ0) is 27.4. The molecule has 1 amide bonds. The molecule has 0 aliphatic heterocycles. The molecule has 0 aliphatic rings. The van der Waals surface area contributed by atoms with Gasteiger partial charge < -0.3 is 24.4 Å². The molecule has 39 heavy (non-hydrogen) atoms. The van der Waals surface area contributed by atoms with Crippen molar-refractivity contribution in [2.45, 2.75) is 18.9 Å². The van der Waals surface area contributed by atoms with E-state index in [-0.39, 0.29) is 6.42 Å². The maximum absolute atomic E-state index is 13.7. The van der Waals surface area contributed by atoms with Crippen molar-refractivity contribution in [1.82, 2.24) is 5.16 Å². The van der Waals surface area contributed by atoms with E-state index in [1.807, 2.05) is 36.4 Å². The average molecular weight is 523 g/mol. The van der Waals surface area contributed by atoms with Crippen LogP contribution in [-0.4, -0.2) is 23.3 Å². The van der Waals surface area contributed by atoms with Gasteiger partial charge in [-0.1, -0.05) is 47.6 Å². The molecule has 1 heterocycles. The molecule has 8 heteroatoms. The SMILES string of the molecule is COc1cccc(CC(O)(C(=O)Nc2ccc3c(=O)onc(C)c3c2)c2ccc(Oc3ccccc3)cc2)c1. The van der Waals surface area contributed by atoms with Crippen LogP contribution in [0.5, 0.6) is 17.2 Å². The fourth-order valence-electron chi connectivity index (χ4n) is 4.36. The Bertz CT molecular complexity index is 1680. The summed E-state index contributed by atoms with van der Waals surface area (Å²) in [4.78, 5) is 25.8. The van der Waals surface area contributed by atoms with Crippen molar-refractivity contribution >= 4 is 22.4 Å². The maximum atomic E-state index is 13.7. The maximum Gasteiger partial charge on any atom is 0.366 e. The number of aryl methyl sites for hydroxylation is 1. The van der Waals surface area contributed by atoms with Crippen molar-refractivity contribution in [3.05, 3.63) is 124 Å². The lowest BCUT2D eigenvalue weighted by Gasteiger charge is -2.28. The zero-order valence-electron chi connectivity index (χ0n) is 21.4. The predicted molar refractivity (Wildman–Crippen MR) is 147 cm³/mol. The first-order valence-electron chi connectivity index (χ1n) is 12.3. The molecule has 0 spiro atoms. The van der Waals surface area contributed by atoms with Crippen LogP contribution in [0.25, 0.3) is 10.8 Å². The van der Waals surface area contributed by atoms with E-state index in [0.717, 1.165) is 0 Å². The molecule has 0 saturated carbocycles. The molecule has 196 valence electrons. The molecular formula is C31H26N2O6. The van der Waals surface area contributed by atoms with E-state index >= 15 is 0 Å². The van der Waals surface area contributed by atoms with Crippen LogP contribution >= 0.6 is 0 Å². The molecule has 1 aromatic heterocycles. The average Bonchev–Trinajstić information content (AvgIpc) is 2.96. The van der Waals surface area contributed by atoms with Gasteiger partial charge in [-0.15, -0.1) is 0 Å². The molecule has 0 fully saturated rings. The molecule has 0 radical (unpaired) electrons. The standard InChI is InChI=1S/C31H26N2O6/c1-20-28-18-23(13-16-27(28)29(34)39-33-20)32-30(35)31(36,19-21-7-6-10-26(17-21)37-2)22-11-14-25(15-12-22)38-24-8-4-3-5-9-24/h3-18,36H,19H2,1-2H3,(H,32,35). The Morgan fingerprint density at radius 1 is 0.897 bits per heavy atom. The fraction of sp³-hybridized carbons (Fsp3) is 0.129. The second kappa shape index (κ2) is 10.8. The smallest absolute Gasteiger partial charge is 0.366 e. The number of rotatable bonds is 8. The predicted octanol–water partition coefficient (Wildman–Crippen LogP) is 5.37. The number of amides is 1. The molecule has 1 atom stereocenters. The summed E-state index contributed by atoms with van der Waals surface area (Å²) in [6, 6.07) is 28.0. The molecule has 5 aromatic rings. The Balaban J connectivity index is 1.49. The van der Waals surface area contributed by atoms with E-state index in [1.54, 1.807) is 74.7 Å². The summed E-state index contributed by atoms with van der Waals surface area (Å²) in [7, 11) is 1.56. The Morgan fingerprint density at radius 3 is 2.36 bits per heavy atom. The summed E-state index contributed by atoms with van der Waals surface area (Å²) >= 11 is 0. The van der Waals surface area contributed by atoms with Crippen LogP contribution in [0.2, 0.25) is 0 Å². The molecular weight excluding hydrogens is 496 g/mol. The monoisotopic (exact) mass is 522 g/mol. The highest BCUT2D eigenvalue weighted by atomic mass is 16.5. The number of aromatic nitrogens is 1. The summed E-state index contributed by atoms with van der Waals surface area (Å²) in [5, 5.41) is 19.4. The first-order chi connectivity index (χ1) is 18.9. The lowest BCUT2D eigenvalue weighted by atomic mass is 9.86. The van der Waals surface area contributed by atoms with Crippen LogP contribution in [0, 0.1) is 6.92 Å². The van der Waals surface area contributed by atoms with Crippen molar-refractivity contribution in [2.75, 3.05) is 12.4 Å². The highest BCUT2D eigenvalue weighted by Crippen LogP contribution is 2.32. The van der Waals surface area contributed by atoms with E-state index < -0.39 is 17.1 Å². The minimum Gasteiger partial charge on any atom is -0.497 e. The number of hydrogen-bond acceptors (Lipinski definition) is 7. The molecule has 5 rings (SSSR count). The van der Waals surface area contributed by atoms with Gasteiger partial charge >= 0.3 is 5.63 Å². The highest BCUT2D eigenvalue weighted by molar-refractivity contribution is 6.00. The molecule has 0 aliphatic carbocycles. The van der Waals surface area contributed by atoms with Gasteiger partial charge in [-0.2, -0.15) is 0 Å². The first kappa shape index (κ1) is 25.7. The van der Waals surface area contributed by atoms with E-state index in [2.05, 4.69) is 10.5 Å². The third-order valence-corrected chi connectivity index (χ3v) is 6.43. The van der Waals surface area contributed by atoms with E-state index in [1.165, 1.54) is 0 Å². The molecule has 0 saturated heterocycles. The topological polar surface area (TPSA) is 111 Å². The van der Waals surface area contributed by atoms with E-state index in [4.69, 9.17) is 14.0 Å². The summed E-state index contributed by atoms with van der Waals surface area (Å²) in [5.41, 5.74) is -0.538. The fourth-order valence-corrected chi connectivity index (χ4v) is 4.36. The lowest BCUT2D eigenvalue weighted by Crippen LogP contribution is -2.42. The number of hydrogen-bond donors (Lipinski definition) is 2. The zero-order valence-corrected chi connectivity index (χ0v) is 21.4. The van der Waals surface area contributed by atoms with Gasteiger partial charge in [0.05, 0.1) is 18.2 Å². The van der Waals surface area contributed by atoms with E-state index in [0.29, 0.717) is 50.5 Å². The van der Waals surface area contributed by atoms with Gasteiger partial charge in [0.25, 0.3) is 5.91 Å². The molecule has 1 unspecified atom stereocenters. The second-order valence-corrected chi connectivity index (χ2v) is 9.10. The van der Waals surface area contributed by atoms with E-state index in [9.17, 15) is 14.7 Å².